The van der Waals surface area contributed by atoms with E-state index < -0.39 is 15.1 Å². The minimum absolute atomic E-state index is 0.150. The second-order valence-electron chi connectivity index (χ2n) is 7.22. The van der Waals surface area contributed by atoms with Crippen molar-refractivity contribution in [2.45, 2.75) is 29.9 Å². The van der Waals surface area contributed by atoms with E-state index in [4.69, 9.17) is 4.98 Å². The van der Waals surface area contributed by atoms with E-state index in [9.17, 15) is 13.7 Å². The summed E-state index contributed by atoms with van der Waals surface area (Å²) in [5, 5.41) is 11.8. The lowest BCUT2D eigenvalue weighted by atomic mass is 10.1. The summed E-state index contributed by atoms with van der Waals surface area (Å²) < 4.78 is 26.1. The summed E-state index contributed by atoms with van der Waals surface area (Å²) in [6.45, 7) is 3.34. The first-order valence-corrected chi connectivity index (χ1v) is 11.9. The topological polar surface area (TPSA) is 74.1 Å². The Labute approximate surface area is 175 Å². The number of hydrogen-bond donors (Lipinski definition) is 0. The minimum Gasteiger partial charge on any atom is -0.348 e. The van der Waals surface area contributed by atoms with E-state index in [1.54, 1.807) is 29.5 Å². The lowest BCUT2D eigenvalue weighted by Gasteiger charge is -2.31. The first kappa shape index (κ1) is 19.6. The van der Waals surface area contributed by atoms with Crippen molar-refractivity contribution < 1.29 is 8.42 Å². The number of aryl methyl sites for hydroxylation is 1. The van der Waals surface area contributed by atoms with Crippen molar-refractivity contribution in [3.8, 4) is 17.3 Å². The van der Waals surface area contributed by atoms with Crippen LogP contribution in [0.3, 0.4) is 0 Å². The summed E-state index contributed by atoms with van der Waals surface area (Å²) >= 11 is 1.59. The van der Waals surface area contributed by atoms with Gasteiger partial charge in [0.25, 0.3) is 0 Å². The van der Waals surface area contributed by atoms with Crippen molar-refractivity contribution in [1.29, 1.82) is 5.26 Å². The van der Waals surface area contributed by atoms with Crippen LogP contribution < -0.4 is 4.90 Å². The van der Waals surface area contributed by atoms with Gasteiger partial charge in [-0.3, -0.25) is 0 Å². The maximum Gasteiger partial charge on any atom is 0.185 e. The molecule has 3 aromatic rings. The number of hydrogen-bond acceptors (Lipinski definition) is 6. The molecule has 0 radical (unpaired) electrons. The molecule has 0 N–H and O–H groups in total. The Hall–Kier alpha value is -2.69. The molecule has 7 heteroatoms. The molecule has 0 amide bonds. The second-order valence-corrected chi connectivity index (χ2v) is 10.3. The zero-order valence-electron chi connectivity index (χ0n) is 16.1. The SMILES string of the molecule is Cc1cccc(-c2csc(N3CCC(S(=O)(=O)c4ccccc4C#N)CC3)n2)c1. The van der Waals surface area contributed by atoms with Gasteiger partial charge in [0.2, 0.25) is 0 Å². The van der Waals surface area contributed by atoms with Gasteiger partial charge in [0.1, 0.15) is 6.07 Å². The number of aromatic nitrogens is 1. The van der Waals surface area contributed by atoms with Crippen molar-refractivity contribution in [1.82, 2.24) is 4.98 Å². The van der Waals surface area contributed by atoms with Gasteiger partial charge >= 0.3 is 0 Å². The third-order valence-electron chi connectivity index (χ3n) is 5.27. The number of nitriles is 1. The minimum atomic E-state index is -3.52. The second kappa shape index (κ2) is 7.97. The van der Waals surface area contributed by atoms with E-state index >= 15 is 0 Å². The zero-order valence-corrected chi connectivity index (χ0v) is 17.7. The number of piperidine rings is 1. The molecule has 5 nitrogen and oxygen atoms in total. The van der Waals surface area contributed by atoms with Crippen LogP contribution in [0.1, 0.15) is 24.0 Å². The van der Waals surface area contributed by atoms with Crippen LogP contribution in [0.15, 0.2) is 58.8 Å². The fourth-order valence-corrected chi connectivity index (χ4v) is 6.46. The summed E-state index contributed by atoms with van der Waals surface area (Å²) in [6.07, 6.45) is 1.06. The van der Waals surface area contributed by atoms with Crippen LogP contribution in [0, 0.1) is 18.3 Å². The molecule has 4 rings (SSSR count). The molecule has 148 valence electrons. The zero-order chi connectivity index (χ0) is 20.4. The van der Waals surface area contributed by atoms with Gasteiger partial charge in [-0.05, 0) is 38.0 Å². The third-order valence-corrected chi connectivity index (χ3v) is 8.49. The molecule has 0 atom stereocenters. The van der Waals surface area contributed by atoms with Gasteiger partial charge < -0.3 is 4.90 Å². The fourth-order valence-electron chi connectivity index (χ4n) is 3.69. The molecule has 1 fully saturated rings. The van der Waals surface area contributed by atoms with Crippen molar-refractivity contribution in [2.24, 2.45) is 0 Å². The number of nitrogens with zero attached hydrogens (tertiary/aromatic N) is 3. The number of rotatable bonds is 4. The Morgan fingerprint density at radius 2 is 1.90 bits per heavy atom. The Kier molecular flexibility index (Phi) is 5.39. The molecule has 2 aromatic carbocycles. The highest BCUT2D eigenvalue weighted by Gasteiger charge is 2.33. The molecular formula is C22H21N3O2S2. The highest BCUT2D eigenvalue weighted by molar-refractivity contribution is 7.92. The number of sulfone groups is 1. The predicted molar refractivity (Wildman–Crippen MR) is 116 cm³/mol. The Morgan fingerprint density at radius 1 is 1.14 bits per heavy atom. The molecule has 1 aromatic heterocycles. The number of benzene rings is 2. The monoisotopic (exact) mass is 423 g/mol. The quantitative estimate of drug-likeness (QED) is 0.620. The summed E-state index contributed by atoms with van der Waals surface area (Å²) in [4.78, 5) is 7.08. The van der Waals surface area contributed by atoms with Crippen LogP contribution in [0.2, 0.25) is 0 Å². The van der Waals surface area contributed by atoms with E-state index in [1.165, 1.54) is 11.6 Å². The van der Waals surface area contributed by atoms with Crippen molar-refractivity contribution in [2.75, 3.05) is 18.0 Å². The first-order valence-electron chi connectivity index (χ1n) is 9.49. The molecule has 0 spiro atoms. The van der Waals surface area contributed by atoms with Gasteiger partial charge in [-0.15, -0.1) is 11.3 Å². The van der Waals surface area contributed by atoms with Crippen LogP contribution in [0.4, 0.5) is 5.13 Å². The number of anilines is 1. The molecular weight excluding hydrogens is 402 g/mol. The molecule has 29 heavy (non-hydrogen) atoms. The molecule has 1 aliphatic heterocycles. The van der Waals surface area contributed by atoms with Gasteiger partial charge in [0, 0.05) is 24.0 Å². The largest absolute Gasteiger partial charge is 0.348 e. The Balaban J connectivity index is 1.48. The van der Waals surface area contributed by atoms with E-state index in [2.05, 4.69) is 35.4 Å². The van der Waals surface area contributed by atoms with E-state index in [0.29, 0.717) is 25.9 Å². The summed E-state index contributed by atoms with van der Waals surface area (Å²) in [5.74, 6) is 0. The van der Waals surface area contributed by atoms with E-state index in [0.717, 1.165) is 16.4 Å². The van der Waals surface area contributed by atoms with Crippen LogP contribution in [0.25, 0.3) is 11.3 Å². The fraction of sp³-hybridized carbons (Fsp3) is 0.273. The molecule has 0 bridgehead atoms. The van der Waals surface area contributed by atoms with Crippen molar-refractivity contribution in [3.05, 3.63) is 65.0 Å². The van der Waals surface area contributed by atoms with Crippen molar-refractivity contribution >= 4 is 26.3 Å². The number of thiazole rings is 1. The first-order chi connectivity index (χ1) is 14.0. The molecule has 0 saturated carbocycles. The standard InChI is InChI=1S/C22H21N3O2S2/c1-16-5-4-7-17(13-16)20-15-28-22(24-20)25-11-9-19(10-12-25)29(26,27)21-8-3-2-6-18(21)14-23/h2-8,13,15,19H,9-12H2,1H3. The van der Waals surface area contributed by atoms with E-state index in [-0.39, 0.29) is 10.5 Å². The van der Waals surface area contributed by atoms with Gasteiger partial charge in [-0.25, -0.2) is 13.4 Å². The van der Waals surface area contributed by atoms with Gasteiger partial charge in [0.05, 0.1) is 21.4 Å². The van der Waals surface area contributed by atoms with Crippen molar-refractivity contribution in [3.63, 3.8) is 0 Å². The third kappa shape index (κ3) is 3.91. The van der Waals surface area contributed by atoms with E-state index in [1.807, 2.05) is 12.1 Å². The maximum absolute atomic E-state index is 13.0. The van der Waals surface area contributed by atoms with Crippen LogP contribution in [-0.2, 0) is 9.84 Å². The molecule has 0 aliphatic carbocycles. The highest BCUT2D eigenvalue weighted by atomic mass is 32.2. The average molecular weight is 424 g/mol. The molecule has 1 saturated heterocycles. The lowest BCUT2D eigenvalue weighted by Crippen LogP contribution is -2.39. The predicted octanol–water partition coefficient (Wildman–Crippen LogP) is 4.43. The molecule has 0 unspecified atom stereocenters. The Bertz CT molecular complexity index is 1170. The van der Waals surface area contributed by atoms with Gasteiger partial charge in [0.15, 0.2) is 15.0 Å². The normalized spacial score (nSPS) is 15.2. The smallest absolute Gasteiger partial charge is 0.185 e. The molecule has 2 heterocycles. The highest BCUT2D eigenvalue weighted by Crippen LogP contribution is 2.32. The van der Waals surface area contributed by atoms with Crippen LogP contribution in [0.5, 0.6) is 0 Å². The maximum atomic E-state index is 13.0. The van der Waals surface area contributed by atoms with Gasteiger partial charge in [-0.1, -0.05) is 35.9 Å². The summed E-state index contributed by atoms with van der Waals surface area (Å²) in [6, 6.07) is 16.7. The summed E-state index contributed by atoms with van der Waals surface area (Å²) in [5.41, 5.74) is 3.46. The average Bonchev–Trinajstić information content (AvgIpc) is 3.24. The Morgan fingerprint density at radius 3 is 2.62 bits per heavy atom. The molecule has 1 aliphatic rings. The van der Waals surface area contributed by atoms with Crippen LogP contribution >= 0.6 is 11.3 Å². The lowest BCUT2D eigenvalue weighted by molar-refractivity contribution is 0.529. The summed E-state index contributed by atoms with van der Waals surface area (Å²) in [7, 11) is -3.52. The van der Waals surface area contributed by atoms with Crippen LogP contribution in [-0.4, -0.2) is 31.7 Å². The van der Waals surface area contributed by atoms with Gasteiger partial charge in [-0.2, -0.15) is 5.26 Å².